The Morgan fingerprint density at radius 3 is 2.83 bits per heavy atom. The van der Waals surface area contributed by atoms with Gasteiger partial charge in [0, 0.05) is 5.70 Å². The van der Waals surface area contributed by atoms with Gasteiger partial charge in [0.15, 0.2) is 6.61 Å². The van der Waals surface area contributed by atoms with Crippen LogP contribution in [0.1, 0.15) is 19.4 Å². The van der Waals surface area contributed by atoms with Crippen molar-refractivity contribution in [1.82, 2.24) is 5.01 Å². The standard InChI is InChI=1S/C18H21N3O3/c1-4-13(19)11-23-16-10-8-7-9-15(16)18-20-21(14(5-2)6-3)17(22)12-24-18/h4-10H,2,11-12,19H2,1,3H3/b13-4-,14-6+. The number of allylic oxidation sites excluding steroid dienone is 3. The number of hydrogen-bond donors (Lipinski definition) is 1. The summed E-state index contributed by atoms with van der Waals surface area (Å²) in [6, 6.07) is 7.31. The van der Waals surface area contributed by atoms with Crippen molar-refractivity contribution >= 4 is 11.8 Å². The third kappa shape index (κ3) is 3.84. The zero-order valence-electron chi connectivity index (χ0n) is 13.9. The van der Waals surface area contributed by atoms with Crippen LogP contribution in [0.5, 0.6) is 5.75 Å². The van der Waals surface area contributed by atoms with E-state index in [1.807, 2.05) is 32.0 Å². The Hall–Kier alpha value is -3.02. The highest BCUT2D eigenvalue weighted by Crippen LogP contribution is 2.23. The van der Waals surface area contributed by atoms with Crippen molar-refractivity contribution in [2.45, 2.75) is 13.8 Å². The number of para-hydroxylation sites is 1. The zero-order chi connectivity index (χ0) is 17.5. The number of carbonyl (C=O) groups is 1. The molecule has 0 fully saturated rings. The third-order valence-electron chi connectivity index (χ3n) is 3.39. The number of benzene rings is 1. The lowest BCUT2D eigenvalue weighted by Gasteiger charge is -2.25. The minimum atomic E-state index is -0.261. The maximum Gasteiger partial charge on any atom is 0.285 e. The van der Waals surface area contributed by atoms with E-state index in [2.05, 4.69) is 11.7 Å². The number of nitrogens with two attached hydrogens (primary N) is 1. The molecule has 1 aliphatic rings. The molecule has 0 saturated heterocycles. The fraction of sp³-hybridized carbons (Fsp3) is 0.222. The van der Waals surface area contributed by atoms with Gasteiger partial charge in [-0.1, -0.05) is 30.9 Å². The van der Waals surface area contributed by atoms with Crippen LogP contribution >= 0.6 is 0 Å². The van der Waals surface area contributed by atoms with E-state index < -0.39 is 0 Å². The van der Waals surface area contributed by atoms with Crippen molar-refractivity contribution in [3.05, 3.63) is 66.0 Å². The number of hydrazone groups is 1. The van der Waals surface area contributed by atoms with Crippen LogP contribution < -0.4 is 10.5 Å². The molecule has 24 heavy (non-hydrogen) atoms. The second-order valence-electron chi connectivity index (χ2n) is 4.97. The van der Waals surface area contributed by atoms with Crippen molar-refractivity contribution < 1.29 is 14.3 Å². The number of hydrogen-bond acceptors (Lipinski definition) is 5. The summed E-state index contributed by atoms with van der Waals surface area (Å²) in [5.74, 6) is 0.629. The highest BCUT2D eigenvalue weighted by atomic mass is 16.5. The van der Waals surface area contributed by atoms with E-state index in [0.717, 1.165) is 0 Å². The van der Waals surface area contributed by atoms with Crippen LogP contribution in [0.3, 0.4) is 0 Å². The number of amides is 1. The van der Waals surface area contributed by atoms with E-state index in [4.69, 9.17) is 15.2 Å². The topological polar surface area (TPSA) is 77.2 Å². The first-order chi connectivity index (χ1) is 11.6. The summed E-state index contributed by atoms with van der Waals surface area (Å²) in [7, 11) is 0. The maximum atomic E-state index is 12.0. The van der Waals surface area contributed by atoms with Crippen LogP contribution in [0.4, 0.5) is 0 Å². The molecular formula is C18H21N3O3. The van der Waals surface area contributed by atoms with Gasteiger partial charge in [0.05, 0.1) is 11.3 Å². The highest BCUT2D eigenvalue weighted by Gasteiger charge is 2.25. The van der Waals surface area contributed by atoms with Gasteiger partial charge in [-0.3, -0.25) is 4.79 Å². The van der Waals surface area contributed by atoms with E-state index in [1.165, 1.54) is 5.01 Å². The van der Waals surface area contributed by atoms with Crippen molar-refractivity contribution in [2.24, 2.45) is 10.8 Å². The first-order valence-electron chi connectivity index (χ1n) is 7.56. The van der Waals surface area contributed by atoms with Gasteiger partial charge < -0.3 is 15.2 Å². The van der Waals surface area contributed by atoms with Crippen molar-refractivity contribution in [3.63, 3.8) is 0 Å². The first kappa shape index (κ1) is 17.3. The van der Waals surface area contributed by atoms with Crippen LogP contribution in [0.25, 0.3) is 0 Å². The molecule has 126 valence electrons. The summed E-state index contributed by atoms with van der Waals surface area (Å²) in [5.41, 5.74) is 7.64. The van der Waals surface area contributed by atoms with Crippen LogP contribution in [-0.2, 0) is 9.53 Å². The zero-order valence-corrected chi connectivity index (χ0v) is 13.9. The smallest absolute Gasteiger partial charge is 0.285 e. The van der Waals surface area contributed by atoms with Gasteiger partial charge in [0.25, 0.3) is 5.91 Å². The number of nitrogens with zero attached hydrogens (tertiary/aromatic N) is 2. The molecule has 2 rings (SSSR count). The molecule has 1 heterocycles. The predicted molar refractivity (Wildman–Crippen MR) is 93.2 cm³/mol. The van der Waals surface area contributed by atoms with Gasteiger partial charge >= 0.3 is 0 Å². The molecule has 1 aromatic rings. The lowest BCUT2D eigenvalue weighted by atomic mass is 10.2. The van der Waals surface area contributed by atoms with Gasteiger partial charge in [0.2, 0.25) is 5.90 Å². The quantitative estimate of drug-likeness (QED) is 0.815. The molecule has 0 unspecified atom stereocenters. The summed E-state index contributed by atoms with van der Waals surface area (Å²) in [6.07, 6.45) is 5.10. The first-order valence-corrected chi connectivity index (χ1v) is 7.56. The number of ether oxygens (including phenoxy) is 2. The van der Waals surface area contributed by atoms with Crippen LogP contribution in [-0.4, -0.2) is 30.0 Å². The van der Waals surface area contributed by atoms with Gasteiger partial charge in [0.1, 0.15) is 12.4 Å². The monoisotopic (exact) mass is 327 g/mol. The van der Waals surface area contributed by atoms with Crippen molar-refractivity contribution in [1.29, 1.82) is 0 Å². The Morgan fingerprint density at radius 2 is 2.17 bits per heavy atom. The maximum absolute atomic E-state index is 12.0. The SMILES string of the molecule is C=C/C(=C\C)N1N=C(c2ccccc2OC/C(N)=C/C)OCC1=O. The normalized spacial score (nSPS) is 15.7. The van der Waals surface area contributed by atoms with E-state index >= 15 is 0 Å². The summed E-state index contributed by atoms with van der Waals surface area (Å²) >= 11 is 0. The molecule has 1 amide bonds. The molecule has 6 nitrogen and oxygen atoms in total. The molecule has 0 saturated carbocycles. The fourth-order valence-electron chi connectivity index (χ4n) is 2.04. The van der Waals surface area contributed by atoms with E-state index in [0.29, 0.717) is 28.6 Å². The average Bonchev–Trinajstić information content (AvgIpc) is 2.62. The largest absolute Gasteiger partial charge is 0.487 e. The van der Waals surface area contributed by atoms with Gasteiger partial charge in [-0.25, -0.2) is 0 Å². The number of carbonyl (C=O) groups excluding carboxylic acids is 1. The average molecular weight is 327 g/mol. The molecule has 0 bridgehead atoms. The van der Waals surface area contributed by atoms with Gasteiger partial charge in [-0.05, 0) is 32.1 Å². The van der Waals surface area contributed by atoms with Crippen molar-refractivity contribution in [2.75, 3.05) is 13.2 Å². The lowest BCUT2D eigenvalue weighted by Crippen LogP contribution is -2.36. The van der Waals surface area contributed by atoms with Crippen LogP contribution in [0, 0.1) is 0 Å². The summed E-state index contributed by atoms with van der Waals surface area (Å²) in [5, 5.41) is 5.58. The Bertz CT molecular complexity index is 720. The molecule has 0 aromatic heterocycles. The van der Waals surface area contributed by atoms with Crippen molar-refractivity contribution in [3.8, 4) is 5.75 Å². The van der Waals surface area contributed by atoms with Crippen LogP contribution in [0.15, 0.2) is 65.6 Å². The lowest BCUT2D eigenvalue weighted by molar-refractivity contribution is -0.133. The molecular weight excluding hydrogens is 306 g/mol. The molecule has 2 N–H and O–H groups in total. The predicted octanol–water partition coefficient (Wildman–Crippen LogP) is 2.54. The Balaban J connectivity index is 2.35. The molecule has 0 aliphatic carbocycles. The second-order valence-corrected chi connectivity index (χ2v) is 4.97. The fourth-order valence-corrected chi connectivity index (χ4v) is 2.04. The Labute approximate surface area is 141 Å². The van der Waals surface area contributed by atoms with Crippen LogP contribution in [0.2, 0.25) is 0 Å². The molecule has 0 atom stereocenters. The van der Waals surface area contributed by atoms with E-state index in [-0.39, 0.29) is 19.1 Å². The summed E-state index contributed by atoms with van der Waals surface area (Å²) < 4.78 is 11.2. The molecule has 1 aliphatic heterocycles. The third-order valence-corrected chi connectivity index (χ3v) is 3.39. The Kier molecular flexibility index (Phi) is 5.78. The van der Waals surface area contributed by atoms with Gasteiger partial charge in [-0.15, -0.1) is 5.10 Å². The summed E-state index contributed by atoms with van der Waals surface area (Å²) in [4.78, 5) is 12.0. The second kappa shape index (κ2) is 8.01. The van der Waals surface area contributed by atoms with E-state index in [9.17, 15) is 4.79 Å². The van der Waals surface area contributed by atoms with E-state index in [1.54, 1.807) is 24.3 Å². The highest BCUT2D eigenvalue weighted by molar-refractivity contribution is 6.00. The molecule has 1 aromatic carbocycles. The Morgan fingerprint density at radius 1 is 1.42 bits per heavy atom. The molecule has 0 radical (unpaired) electrons. The summed E-state index contributed by atoms with van der Waals surface area (Å²) in [6.45, 7) is 7.51. The van der Waals surface area contributed by atoms with Gasteiger partial charge in [-0.2, -0.15) is 5.01 Å². The molecule has 0 spiro atoms. The minimum absolute atomic E-state index is 0.102. The minimum Gasteiger partial charge on any atom is -0.487 e. The molecule has 6 heteroatoms. The number of rotatable bonds is 6.